The minimum absolute atomic E-state index is 0.0584. The monoisotopic (exact) mass is 275 g/mol. The van der Waals surface area contributed by atoms with Crippen LogP contribution in [0, 0.1) is 0 Å². The van der Waals surface area contributed by atoms with Gasteiger partial charge in [-0.1, -0.05) is 0 Å². The second kappa shape index (κ2) is 4.81. The quantitative estimate of drug-likeness (QED) is 0.826. The van der Waals surface area contributed by atoms with Crippen molar-refractivity contribution in [1.82, 2.24) is 14.7 Å². The van der Waals surface area contributed by atoms with Crippen molar-refractivity contribution in [2.24, 2.45) is 0 Å². The van der Waals surface area contributed by atoms with Gasteiger partial charge in [-0.25, -0.2) is 0 Å². The van der Waals surface area contributed by atoms with E-state index >= 15 is 0 Å². The molecule has 1 aromatic rings. The molecule has 2 heterocycles. The summed E-state index contributed by atoms with van der Waals surface area (Å²) in [5.41, 5.74) is 0.417. The Morgan fingerprint density at radius 1 is 1.11 bits per heavy atom. The van der Waals surface area contributed by atoms with Gasteiger partial charge in [-0.05, 0) is 34.1 Å². The van der Waals surface area contributed by atoms with Gasteiger partial charge in [0.1, 0.15) is 0 Å². The molecule has 0 saturated carbocycles. The van der Waals surface area contributed by atoms with Gasteiger partial charge in [-0.3, -0.25) is 9.58 Å². The van der Waals surface area contributed by atoms with Crippen LogP contribution < -0.4 is 0 Å². The summed E-state index contributed by atoms with van der Waals surface area (Å²) in [5, 5.41) is 3.82. The van der Waals surface area contributed by atoms with E-state index in [2.05, 4.69) is 23.8 Å². The van der Waals surface area contributed by atoms with Gasteiger partial charge < -0.3 is 0 Å². The van der Waals surface area contributed by atoms with Crippen LogP contribution in [-0.2, 0) is 19.1 Å². The molecule has 19 heavy (non-hydrogen) atoms. The highest BCUT2D eigenvalue weighted by molar-refractivity contribution is 5.31. The van der Waals surface area contributed by atoms with Crippen molar-refractivity contribution in [2.75, 3.05) is 6.54 Å². The molecule has 1 aliphatic rings. The van der Waals surface area contributed by atoms with Gasteiger partial charge in [0.2, 0.25) is 0 Å². The van der Waals surface area contributed by atoms with Crippen LogP contribution in [0.5, 0.6) is 0 Å². The van der Waals surface area contributed by atoms with Crippen LogP contribution in [0.25, 0.3) is 0 Å². The van der Waals surface area contributed by atoms with E-state index in [1.54, 1.807) is 0 Å². The Morgan fingerprint density at radius 3 is 2.21 bits per heavy atom. The summed E-state index contributed by atoms with van der Waals surface area (Å²) in [7, 11) is 0. The molecule has 1 aromatic heterocycles. The summed E-state index contributed by atoms with van der Waals surface area (Å²) in [6, 6.07) is 0.273. The van der Waals surface area contributed by atoms with Crippen LogP contribution in [0.4, 0.5) is 13.2 Å². The first-order valence-electron chi connectivity index (χ1n) is 6.63. The highest BCUT2D eigenvalue weighted by Crippen LogP contribution is 2.36. The predicted molar refractivity (Wildman–Crippen MR) is 66.9 cm³/mol. The molecule has 1 aliphatic heterocycles. The van der Waals surface area contributed by atoms with Crippen LogP contribution in [0.3, 0.4) is 0 Å². The first-order valence-corrected chi connectivity index (χ1v) is 6.63. The Bertz CT molecular complexity index is 460. The van der Waals surface area contributed by atoms with E-state index in [1.807, 2.05) is 13.8 Å². The Labute approximate surface area is 111 Å². The molecule has 0 radical (unpaired) electrons. The number of hydrogen-bond acceptors (Lipinski definition) is 2. The molecule has 0 bridgehead atoms. The van der Waals surface area contributed by atoms with E-state index in [0.29, 0.717) is 31.1 Å². The maximum Gasteiger partial charge on any atom is 0.435 e. The van der Waals surface area contributed by atoms with Crippen LogP contribution >= 0.6 is 0 Å². The summed E-state index contributed by atoms with van der Waals surface area (Å²) in [5.74, 6) is 0. The third-order valence-electron chi connectivity index (χ3n) is 3.61. The third-order valence-corrected chi connectivity index (χ3v) is 3.61. The fourth-order valence-corrected chi connectivity index (χ4v) is 2.56. The van der Waals surface area contributed by atoms with Crippen molar-refractivity contribution < 1.29 is 13.2 Å². The predicted octanol–water partition coefficient (Wildman–Crippen LogP) is 3.25. The lowest BCUT2D eigenvalue weighted by molar-refractivity contribution is -0.142. The van der Waals surface area contributed by atoms with Crippen molar-refractivity contribution in [2.45, 2.75) is 58.9 Å². The van der Waals surface area contributed by atoms with E-state index < -0.39 is 11.9 Å². The smallest absolute Gasteiger partial charge is 0.295 e. The minimum Gasteiger partial charge on any atom is -0.295 e. The van der Waals surface area contributed by atoms with E-state index in [4.69, 9.17) is 0 Å². The number of nitrogens with zero attached hydrogens (tertiary/aromatic N) is 3. The zero-order chi connectivity index (χ0) is 14.4. The standard InChI is InChI=1S/C13H20F3N3/c1-8(2)18-6-5-10-11(7-18)19(9(3)4)17-12(10)13(14,15)16/h8-9H,5-7H2,1-4H3. The van der Waals surface area contributed by atoms with Gasteiger partial charge in [0.15, 0.2) is 5.69 Å². The number of alkyl halides is 3. The first kappa shape index (κ1) is 14.4. The molecule has 108 valence electrons. The fraction of sp³-hybridized carbons (Fsp3) is 0.769. The number of rotatable bonds is 2. The van der Waals surface area contributed by atoms with Gasteiger partial charge in [0, 0.05) is 30.7 Å². The van der Waals surface area contributed by atoms with E-state index in [9.17, 15) is 13.2 Å². The van der Waals surface area contributed by atoms with Crippen molar-refractivity contribution >= 4 is 0 Å². The lowest BCUT2D eigenvalue weighted by Crippen LogP contribution is -2.37. The zero-order valence-corrected chi connectivity index (χ0v) is 11.8. The molecule has 0 amide bonds. The van der Waals surface area contributed by atoms with Crippen LogP contribution in [0.2, 0.25) is 0 Å². The molecule has 0 unspecified atom stereocenters. The second-order valence-electron chi connectivity index (χ2n) is 5.62. The highest BCUT2D eigenvalue weighted by atomic mass is 19.4. The largest absolute Gasteiger partial charge is 0.435 e. The Kier molecular flexibility index (Phi) is 3.64. The summed E-state index contributed by atoms with van der Waals surface area (Å²) < 4.78 is 40.6. The molecular formula is C13H20F3N3. The minimum atomic E-state index is -4.36. The molecular weight excluding hydrogens is 255 g/mol. The third kappa shape index (κ3) is 2.63. The number of aromatic nitrogens is 2. The van der Waals surface area contributed by atoms with Crippen LogP contribution in [0.15, 0.2) is 0 Å². The maximum atomic E-state index is 13.0. The van der Waals surface area contributed by atoms with Crippen molar-refractivity contribution in [3.63, 3.8) is 0 Å². The zero-order valence-electron chi connectivity index (χ0n) is 11.8. The molecule has 0 atom stereocenters. The Morgan fingerprint density at radius 2 is 1.74 bits per heavy atom. The summed E-state index contributed by atoms with van der Waals surface area (Å²) in [6.45, 7) is 9.06. The molecule has 3 nitrogen and oxygen atoms in total. The summed E-state index contributed by atoms with van der Waals surface area (Å²) in [4.78, 5) is 2.18. The van der Waals surface area contributed by atoms with Crippen molar-refractivity contribution in [3.05, 3.63) is 17.0 Å². The highest BCUT2D eigenvalue weighted by Gasteiger charge is 2.40. The van der Waals surface area contributed by atoms with Crippen LogP contribution in [0.1, 0.15) is 50.7 Å². The number of halogens is 3. The van der Waals surface area contributed by atoms with E-state index in [-0.39, 0.29) is 6.04 Å². The van der Waals surface area contributed by atoms with Crippen molar-refractivity contribution in [1.29, 1.82) is 0 Å². The second-order valence-corrected chi connectivity index (χ2v) is 5.62. The molecule has 6 heteroatoms. The van der Waals surface area contributed by atoms with Gasteiger partial charge in [-0.2, -0.15) is 18.3 Å². The average molecular weight is 275 g/mol. The molecule has 0 spiro atoms. The van der Waals surface area contributed by atoms with Gasteiger partial charge >= 0.3 is 6.18 Å². The number of fused-ring (bicyclic) bond motifs is 1. The van der Waals surface area contributed by atoms with Gasteiger partial charge in [0.25, 0.3) is 0 Å². The molecule has 0 saturated heterocycles. The summed E-state index contributed by atoms with van der Waals surface area (Å²) >= 11 is 0. The molecule has 2 rings (SSSR count). The van der Waals surface area contributed by atoms with Gasteiger partial charge in [-0.15, -0.1) is 0 Å². The summed E-state index contributed by atoms with van der Waals surface area (Å²) in [6.07, 6.45) is -3.93. The first-order chi connectivity index (χ1) is 8.71. The lowest BCUT2D eigenvalue weighted by Gasteiger charge is -2.31. The maximum absolute atomic E-state index is 13.0. The molecule has 0 aliphatic carbocycles. The average Bonchev–Trinajstić information content (AvgIpc) is 2.66. The molecule has 0 aromatic carbocycles. The fourth-order valence-electron chi connectivity index (χ4n) is 2.56. The van der Waals surface area contributed by atoms with Gasteiger partial charge in [0.05, 0.1) is 5.69 Å². The van der Waals surface area contributed by atoms with E-state index in [1.165, 1.54) is 4.68 Å². The van der Waals surface area contributed by atoms with E-state index in [0.717, 1.165) is 5.69 Å². The topological polar surface area (TPSA) is 21.1 Å². The SMILES string of the molecule is CC(C)N1CCc2c(C(F)(F)F)nn(C(C)C)c2C1. The molecule has 0 fully saturated rings. The molecule has 0 N–H and O–H groups in total. The lowest BCUT2D eigenvalue weighted by atomic mass is 10.0. The number of hydrogen-bond donors (Lipinski definition) is 0. The normalized spacial score (nSPS) is 17.3. The van der Waals surface area contributed by atoms with Crippen molar-refractivity contribution in [3.8, 4) is 0 Å². The Hall–Kier alpha value is -1.04. The Balaban J connectivity index is 2.47. The van der Waals surface area contributed by atoms with Crippen LogP contribution in [-0.4, -0.2) is 27.3 Å².